The van der Waals surface area contributed by atoms with Crippen molar-refractivity contribution >= 4 is 29.3 Å². The lowest BCUT2D eigenvalue weighted by atomic mass is 10.0. The lowest BCUT2D eigenvalue weighted by molar-refractivity contribution is -0.130. The van der Waals surface area contributed by atoms with Crippen LogP contribution in [0.4, 0.5) is 0 Å². The molecule has 1 atom stereocenters. The van der Waals surface area contributed by atoms with Gasteiger partial charge in [-0.2, -0.15) is 0 Å². The zero-order chi connectivity index (χ0) is 19.6. The van der Waals surface area contributed by atoms with Gasteiger partial charge in [0.25, 0.3) is 5.91 Å². The van der Waals surface area contributed by atoms with Crippen molar-refractivity contribution in [2.45, 2.75) is 45.2 Å². The van der Waals surface area contributed by atoms with E-state index in [1.807, 2.05) is 13.8 Å². The van der Waals surface area contributed by atoms with Gasteiger partial charge in [-0.05, 0) is 44.9 Å². The van der Waals surface area contributed by atoms with Crippen LogP contribution in [0.3, 0.4) is 0 Å². The molecule has 0 radical (unpaired) electrons. The van der Waals surface area contributed by atoms with Gasteiger partial charge in [-0.3, -0.25) is 14.4 Å². The van der Waals surface area contributed by atoms with Crippen LogP contribution in [0.2, 0.25) is 5.02 Å². The highest BCUT2D eigenvalue weighted by Crippen LogP contribution is 2.22. The molecule has 1 N–H and O–H groups in total. The molecule has 3 rings (SSSR count). The Morgan fingerprint density at radius 1 is 1.22 bits per heavy atom. The van der Waals surface area contributed by atoms with Crippen molar-refractivity contribution in [3.63, 3.8) is 0 Å². The Hall–Kier alpha value is -2.08. The predicted octanol–water partition coefficient (Wildman–Crippen LogP) is 2.32. The van der Waals surface area contributed by atoms with Crippen molar-refractivity contribution in [2.75, 3.05) is 19.6 Å². The highest BCUT2D eigenvalue weighted by molar-refractivity contribution is 6.30. The van der Waals surface area contributed by atoms with Crippen LogP contribution >= 0.6 is 11.6 Å². The summed E-state index contributed by atoms with van der Waals surface area (Å²) >= 11 is 5.96. The van der Waals surface area contributed by atoms with Gasteiger partial charge in [0.1, 0.15) is 0 Å². The van der Waals surface area contributed by atoms with Crippen LogP contribution in [0.15, 0.2) is 24.3 Å². The third-order valence-electron chi connectivity index (χ3n) is 5.35. The average Bonchev–Trinajstić information content (AvgIpc) is 3.04. The largest absolute Gasteiger partial charge is 0.353 e. The first-order chi connectivity index (χ1) is 12.8. The van der Waals surface area contributed by atoms with Crippen molar-refractivity contribution in [1.82, 2.24) is 15.1 Å². The van der Waals surface area contributed by atoms with Gasteiger partial charge in [-0.25, -0.2) is 0 Å². The molecule has 0 spiro atoms. The Kier molecular flexibility index (Phi) is 6.05. The second-order valence-corrected chi connectivity index (χ2v) is 8.06. The number of rotatable bonds is 4. The predicted molar refractivity (Wildman–Crippen MR) is 103 cm³/mol. The molecule has 27 heavy (non-hydrogen) atoms. The molecular formula is C20H26ClN3O3. The third kappa shape index (κ3) is 4.61. The van der Waals surface area contributed by atoms with E-state index in [0.29, 0.717) is 43.1 Å². The normalized spacial score (nSPS) is 21.0. The fourth-order valence-corrected chi connectivity index (χ4v) is 3.95. The van der Waals surface area contributed by atoms with Crippen molar-refractivity contribution in [3.8, 4) is 0 Å². The summed E-state index contributed by atoms with van der Waals surface area (Å²) in [6.07, 6.45) is 1.72. The van der Waals surface area contributed by atoms with Crippen LogP contribution in [0.5, 0.6) is 0 Å². The third-order valence-corrected chi connectivity index (χ3v) is 5.59. The smallest absolute Gasteiger partial charge is 0.253 e. The summed E-state index contributed by atoms with van der Waals surface area (Å²) in [7, 11) is 0. The van der Waals surface area contributed by atoms with E-state index in [2.05, 4.69) is 5.32 Å². The first kappa shape index (κ1) is 19.7. The lowest BCUT2D eigenvalue weighted by Crippen LogP contribution is -2.48. The van der Waals surface area contributed by atoms with Gasteiger partial charge in [0.05, 0.1) is 5.92 Å². The summed E-state index contributed by atoms with van der Waals surface area (Å²) in [5.74, 6) is -0.305. The molecule has 1 unspecified atom stereocenters. The van der Waals surface area contributed by atoms with Gasteiger partial charge in [0, 0.05) is 48.7 Å². The number of hydrogen-bond donors (Lipinski definition) is 1. The van der Waals surface area contributed by atoms with Crippen molar-refractivity contribution in [3.05, 3.63) is 34.9 Å². The summed E-state index contributed by atoms with van der Waals surface area (Å²) in [5, 5.41) is 3.62. The molecule has 0 saturated carbocycles. The van der Waals surface area contributed by atoms with Crippen LogP contribution < -0.4 is 5.32 Å². The van der Waals surface area contributed by atoms with E-state index in [0.717, 1.165) is 0 Å². The van der Waals surface area contributed by atoms with Gasteiger partial charge in [0.15, 0.2) is 0 Å². The molecule has 0 aliphatic carbocycles. The van der Waals surface area contributed by atoms with Gasteiger partial charge < -0.3 is 15.1 Å². The number of halogens is 1. The second kappa shape index (κ2) is 8.30. The number of carbonyl (C=O) groups is 3. The number of carbonyl (C=O) groups excluding carboxylic acids is 3. The van der Waals surface area contributed by atoms with E-state index >= 15 is 0 Å². The van der Waals surface area contributed by atoms with Gasteiger partial charge in [-0.15, -0.1) is 0 Å². The van der Waals surface area contributed by atoms with Gasteiger partial charge in [-0.1, -0.05) is 17.7 Å². The molecule has 1 aromatic rings. The van der Waals surface area contributed by atoms with E-state index in [4.69, 9.17) is 11.6 Å². The minimum atomic E-state index is -0.272. The summed E-state index contributed by atoms with van der Waals surface area (Å²) in [6.45, 7) is 5.61. The molecule has 2 saturated heterocycles. The molecular weight excluding hydrogens is 366 g/mol. The molecule has 0 bridgehead atoms. The zero-order valence-electron chi connectivity index (χ0n) is 15.8. The van der Waals surface area contributed by atoms with E-state index in [1.165, 1.54) is 0 Å². The maximum absolute atomic E-state index is 12.6. The number of nitrogens with one attached hydrogen (secondary N) is 1. The Balaban J connectivity index is 1.49. The van der Waals surface area contributed by atoms with Crippen LogP contribution in [0.25, 0.3) is 0 Å². The Morgan fingerprint density at radius 2 is 1.93 bits per heavy atom. The number of benzene rings is 1. The summed E-state index contributed by atoms with van der Waals surface area (Å²) < 4.78 is 0. The van der Waals surface area contributed by atoms with Crippen molar-refractivity contribution < 1.29 is 14.4 Å². The van der Waals surface area contributed by atoms with E-state index in [1.54, 1.807) is 34.1 Å². The van der Waals surface area contributed by atoms with E-state index in [-0.39, 0.29) is 42.1 Å². The topological polar surface area (TPSA) is 69.7 Å². The zero-order valence-corrected chi connectivity index (χ0v) is 16.5. The Labute approximate surface area is 164 Å². The molecule has 7 heteroatoms. The average molecular weight is 392 g/mol. The quantitative estimate of drug-likeness (QED) is 0.856. The minimum Gasteiger partial charge on any atom is -0.353 e. The van der Waals surface area contributed by atoms with E-state index in [9.17, 15) is 14.4 Å². The highest BCUT2D eigenvalue weighted by Gasteiger charge is 2.36. The summed E-state index contributed by atoms with van der Waals surface area (Å²) in [5.41, 5.74) is 0.586. The van der Waals surface area contributed by atoms with Crippen LogP contribution in [-0.4, -0.2) is 59.2 Å². The molecule has 2 fully saturated rings. The lowest BCUT2D eigenvalue weighted by Gasteiger charge is -2.33. The monoisotopic (exact) mass is 391 g/mol. The molecule has 2 aliphatic rings. The van der Waals surface area contributed by atoms with Gasteiger partial charge >= 0.3 is 0 Å². The molecule has 2 heterocycles. The first-order valence-electron chi connectivity index (χ1n) is 9.50. The van der Waals surface area contributed by atoms with E-state index < -0.39 is 0 Å². The number of hydrogen-bond acceptors (Lipinski definition) is 3. The molecule has 146 valence electrons. The number of amides is 3. The van der Waals surface area contributed by atoms with Crippen LogP contribution in [0.1, 0.15) is 43.5 Å². The van der Waals surface area contributed by atoms with Crippen LogP contribution in [-0.2, 0) is 9.59 Å². The van der Waals surface area contributed by atoms with Crippen LogP contribution in [0, 0.1) is 5.92 Å². The SMILES string of the molecule is CC(C)N1CC(C(=O)NC2CCN(C(=O)c3cccc(Cl)c3)CC2)CC1=O. The minimum absolute atomic E-state index is 0.0313. The van der Waals surface area contributed by atoms with Crippen molar-refractivity contribution in [2.24, 2.45) is 5.92 Å². The number of nitrogens with zero attached hydrogens (tertiary/aromatic N) is 2. The molecule has 1 aromatic carbocycles. The Morgan fingerprint density at radius 3 is 2.52 bits per heavy atom. The fraction of sp³-hybridized carbons (Fsp3) is 0.550. The molecule has 2 aliphatic heterocycles. The van der Waals surface area contributed by atoms with Crippen molar-refractivity contribution in [1.29, 1.82) is 0 Å². The first-order valence-corrected chi connectivity index (χ1v) is 9.87. The highest BCUT2D eigenvalue weighted by atomic mass is 35.5. The molecule has 3 amide bonds. The number of likely N-dealkylation sites (tertiary alicyclic amines) is 2. The summed E-state index contributed by atoms with van der Waals surface area (Å²) in [6, 6.07) is 7.12. The fourth-order valence-electron chi connectivity index (χ4n) is 3.76. The molecule has 0 aromatic heterocycles. The number of piperidine rings is 1. The second-order valence-electron chi connectivity index (χ2n) is 7.63. The standard InChI is InChI=1S/C20H26ClN3O3/c1-13(2)24-12-15(11-18(24)25)19(26)22-17-6-8-23(9-7-17)20(27)14-4-3-5-16(21)10-14/h3-5,10,13,15,17H,6-9,11-12H2,1-2H3,(H,22,26). The Bertz CT molecular complexity index is 729. The maximum Gasteiger partial charge on any atom is 0.253 e. The van der Waals surface area contributed by atoms with Gasteiger partial charge in [0.2, 0.25) is 11.8 Å². The maximum atomic E-state index is 12.6. The molecule has 6 nitrogen and oxygen atoms in total. The summed E-state index contributed by atoms with van der Waals surface area (Å²) in [4.78, 5) is 40.6.